The topological polar surface area (TPSA) is 38.0 Å². The second-order valence-electron chi connectivity index (χ2n) is 5.55. The first-order valence-corrected chi connectivity index (χ1v) is 6.80. The molecule has 1 heterocycles. The number of aryl methyl sites for hydroxylation is 2. The van der Waals surface area contributed by atoms with Crippen molar-refractivity contribution in [3.63, 3.8) is 0 Å². The van der Waals surface area contributed by atoms with E-state index in [4.69, 9.17) is 0 Å². The van der Waals surface area contributed by atoms with E-state index < -0.39 is 0 Å². The molecule has 2 rings (SSSR count). The Morgan fingerprint density at radius 1 is 1.47 bits per heavy atom. The lowest BCUT2D eigenvalue weighted by Crippen LogP contribution is -2.30. The van der Waals surface area contributed by atoms with Crippen LogP contribution in [0, 0.1) is 11.8 Å². The molecule has 3 unspecified atom stereocenters. The van der Waals surface area contributed by atoms with Gasteiger partial charge in [0.15, 0.2) is 0 Å². The first-order chi connectivity index (χ1) is 8.10. The lowest BCUT2D eigenvalue weighted by Gasteiger charge is -2.31. The minimum Gasteiger partial charge on any atom is -0.393 e. The molecule has 96 valence electrons. The van der Waals surface area contributed by atoms with Crippen molar-refractivity contribution < 1.29 is 5.11 Å². The highest BCUT2D eigenvalue weighted by Gasteiger charge is 2.27. The minimum atomic E-state index is -0.119. The van der Waals surface area contributed by atoms with E-state index in [2.05, 4.69) is 25.0 Å². The van der Waals surface area contributed by atoms with Crippen molar-refractivity contribution in [1.82, 2.24) is 9.78 Å². The molecule has 1 aliphatic carbocycles. The molecule has 1 saturated carbocycles. The molecule has 1 fully saturated rings. The van der Waals surface area contributed by atoms with Crippen LogP contribution in [-0.2, 0) is 19.9 Å². The molecule has 1 N–H and O–H groups in total. The van der Waals surface area contributed by atoms with Crippen molar-refractivity contribution in [2.24, 2.45) is 18.9 Å². The number of aromatic nitrogens is 2. The molecule has 3 nitrogen and oxygen atoms in total. The van der Waals surface area contributed by atoms with Gasteiger partial charge in [-0.25, -0.2) is 0 Å². The van der Waals surface area contributed by atoms with E-state index in [1.54, 1.807) is 0 Å². The molecule has 0 radical (unpaired) electrons. The molecule has 0 spiro atoms. The summed E-state index contributed by atoms with van der Waals surface area (Å²) in [4.78, 5) is 0. The molecule has 0 aliphatic heterocycles. The number of hydrogen-bond acceptors (Lipinski definition) is 2. The summed E-state index contributed by atoms with van der Waals surface area (Å²) >= 11 is 0. The zero-order chi connectivity index (χ0) is 12.4. The molecule has 3 heteroatoms. The van der Waals surface area contributed by atoms with Gasteiger partial charge >= 0.3 is 0 Å². The van der Waals surface area contributed by atoms with Gasteiger partial charge in [-0.2, -0.15) is 5.10 Å². The molecular weight excluding hydrogens is 212 g/mol. The molecule has 0 aromatic carbocycles. The van der Waals surface area contributed by atoms with Crippen LogP contribution in [-0.4, -0.2) is 21.0 Å². The van der Waals surface area contributed by atoms with E-state index in [0.29, 0.717) is 5.92 Å². The Bertz CT molecular complexity index is 372. The van der Waals surface area contributed by atoms with Crippen LogP contribution < -0.4 is 0 Å². The number of nitrogens with zero attached hydrogens (tertiary/aromatic N) is 2. The molecule has 0 amide bonds. The summed E-state index contributed by atoms with van der Waals surface area (Å²) in [5.74, 6) is 1.17. The summed E-state index contributed by atoms with van der Waals surface area (Å²) in [6.45, 7) is 4.42. The molecule has 3 atom stereocenters. The SMILES string of the molecule is CCc1cc(CC2CC(C)CCC2O)n(C)n1. The third-order valence-corrected chi connectivity index (χ3v) is 4.07. The predicted octanol–water partition coefficient (Wildman–Crippen LogP) is 2.32. The third-order valence-electron chi connectivity index (χ3n) is 4.07. The molecule has 1 aromatic rings. The number of hydrogen-bond donors (Lipinski definition) is 1. The Morgan fingerprint density at radius 2 is 2.24 bits per heavy atom. The molecule has 1 aromatic heterocycles. The van der Waals surface area contributed by atoms with Crippen LogP contribution in [0.15, 0.2) is 6.07 Å². The molecular formula is C14H24N2O. The Kier molecular flexibility index (Phi) is 3.87. The average molecular weight is 236 g/mol. The Hall–Kier alpha value is -0.830. The third kappa shape index (κ3) is 2.89. The van der Waals surface area contributed by atoms with Crippen molar-refractivity contribution in [1.29, 1.82) is 0 Å². The second kappa shape index (κ2) is 5.21. The van der Waals surface area contributed by atoms with E-state index in [0.717, 1.165) is 37.3 Å². The van der Waals surface area contributed by atoms with Gasteiger partial charge in [-0.05, 0) is 50.0 Å². The first-order valence-electron chi connectivity index (χ1n) is 6.80. The molecule has 17 heavy (non-hydrogen) atoms. The normalized spacial score (nSPS) is 29.5. The lowest BCUT2D eigenvalue weighted by atomic mass is 9.78. The van der Waals surface area contributed by atoms with E-state index in [9.17, 15) is 5.11 Å². The van der Waals surface area contributed by atoms with Gasteiger partial charge in [0, 0.05) is 12.7 Å². The maximum absolute atomic E-state index is 10.1. The fraction of sp³-hybridized carbons (Fsp3) is 0.786. The van der Waals surface area contributed by atoms with Crippen molar-refractivity contribution in [3.8, 4) is 0 Å². The summed E-state index contributed by atoms with van der Waals surface area (Å²) in [7, 11) is 2.01. The van der Waals surface area contributed by atoms with Crippen LogP contribution >= 0.6 is 0 Å². The van der Waals surface area contributed by atoms with E-state index >= 15 is 0 Å². The smallest absolute Gasteiger partial charge is 0.0624 e. The summed E-state index contributed by atoms with van der Waals surface area (Å²) in [5, 5.41) is 14.5. The Labute approximate surface area is 104 Å². The van der Waals surface area contributed by atoms with Gasteiger partial charge in [0.1, 0.15) is 0 Å². The maximum Gasteiger partial charge on any atom is 0.0624 e. The van der Waals surface area contributed by atoms with Crippen LogP contribution in [0.2, 0.25) is 0 Å². The standard InChI is InChI=1S/C14H24N2O/c1-4-12-9-13(16(3)15-12)8-11-7-10(2)5-6-14(11)17/h9-11,14,17H,4-8H2,1-3H3. The summed E-state index contributed by atoms with van der Waals surface area (Å²) in [6.07, 6.45) is 5.11. The highest BCUT2D eigenvalue weighted by atomic mass is 16.3. The van der Waals surface area contributed by atoms with Crippen molar-refractivity contribution in [2.75, 3.05) is 0 Å². The lowest BCUT2D eigenvalue weighted by molar-refractivity contribution is 0.0510. The average Bonchev–Trinajstić information content (AvgIpc) is 2.65. The van der Waals surface area contributed by atoms with Crippen molar-refractivity contribution in [2.45, 2.75) is 52.1 Å². The van der Waals surface area contributed by atoms with E-state index in [-0.39, 0.29) is 6.10 Å². The number of aliphatic hydroxyl groups is 1. The second-order valence-corrected chi connectivity index (χ2v) is 5.55. The van der Waals surface area contributed by atoms with E-state index in [1.807, 2.05) is 11.7 Å². The van der Waals surface area contributed by atoms with Crippen molar-refractivity contribution in [3.05, 3.63) is 17.5 Å². The summed E-state index contributed by atoms with van der Waals surface area (Å²) in [5.41, 5.74) is 2.42. The van der Waals surface area contributed by atoms with Gasteiger partial charge < -0.3 is 5.11 Å². The van der Waals surface area contributed by atoms with Crippen LogP contribution in [0.1, 0.15) is 44.5 Å². The first kappa shape index (κ1) is 12.6. The van der Waals surface area contributed by atoms with Gasteiger partial charge in [0.25, 0.3) is 0 Å². The Morgan fingerprint density at radius 3 is 2.88 bits per heavy atom. The van der Waals surface area contributed by atoms with Gasteiger partial charge in [-0.3, -0.25) is 4.68 Å². The largest absolute Gasteiger partial charge is 0.393 e. The van der Waals surface area contributed by atoms with Gasteiger partial charge in [0.05, 0.1) is 11.8 Å². The van der Waals surface area contributed by atoms with Crippen LogP contribution in [0.4, 0.5) is 0 Å². The predicted molar refractivity (Wildman–Crippen MR) is 68.8 cm³/mol. The highest BCUT2D eigenvalue weighted by Crippen LogP contribution is 2.31. The van der Waals surface area contributed by atoms with Gasteiger partial charge in [-0.15, -0.1) is 0 Å². The molecule has 0 saturated heterocycles. The van der Waals surface area contributed by atoms with Gasteiger partial charge in [-0.1, -0.05) is 13.8 Å². The molecule has 0 bridgehead atoms. The fourth-order valence-electron chi connectivity index (χ4n) is 2.91. The monoisotopic (exact) mass is 236 g/mol. The maximum atomic E-state index is 10.1. The quantitative estimate of drug-likeness (QED) is 0.874. The van der Waals surface area contributed by atoms with Gasteiger partial charge in [0.2, 0.25) is 0 Å². The Balaban J connectivity index is 2.05. The van der Waals surface area contributed by atoms with Crippen molar-refractivity contribution >= 4 is 0 Å². The molecule has 1 aliphatic rings. The number of rotatable bonds is 3. The summed E-state index contributed by atoms with van der Waals surface area (Å²) in [6, 6.07) is 2.19. The fourth-order valence-corrected chi connectivity index (χ4v) is 2.91. The highest BCUT2D eigenvalue weighted by molar-refractivity contribution is 5.11. The van der Waals surface area contributed by atoms with E-state index in [1.165, 1.54) is 12.1 Å². The van der Waals surface area contributed by atoms with Crippen LogP contribution in [0.5, 0.6) is 0 Å². The zero-order valence-electron chi connectivity index (χ0n) is 11.2. The van der Waals surface area contributed by atoms with Crippen LogP contribution in [0.3, 0.4) is 0 Å². The minimum absolute atomic E-state index is 0.119. The number of aliphatic hydroxyl groups excluding tert-OH is 1. The zero-order valence-corrected chi connectivity index (χ0v) is 11.2. The van der Waals surface area contributed by atoms with Crippen LogP contribution in [0.25, 0.3) is 0 Å². The summed E-state index contributed by atoms with van der Waals surface area (Å²) < 4.78 is 1.98.